The summed E-state index contributed by atoms with van der Waals surface area (Å²) in [4.78, 5) is 25.6. The molecule has 0 saturated carbocycles. The van der Waals surface area contributed by atoms with Crippen molar-refractivity contribution in [3.63, 3.8) is 0 Å². The van der Waals surface area contributed by atoms with Crippen molar-refractivity contribution in [3.05, 3.63) is 30.3 Å². The lowest BCUT2D eigenvalue weighted by molar-refractivity contribution is -0.144. The number of ether oxygens (including phenoxy) is 2. The molecule has 0 bridgehead atoms. The summed E-state index contributed by atoms with van der Waals surface area (Å²) < 4.78 is 10.3. The Balaban J connectivity index is 2.69. The van der Waals surface area contributed by atoms with Gasteiger partial charge in [0.2, 0.25) is 0 Å². The Morgan fingerprint density at radius 1 is 1.18 bits per heavy atom. The second-order valence-corrected chi connectivity index (χ2v) is 5.09. The molecule has 1 aromatic carbocycles. The maximum atomic E-state index is 12.4. The van der Waals surface area contributed by atoms with Gasteiger partial charge in [-0.1, -0.05) is 31.5 Å². The summed E-state index contributed by atoms with van der Waals surface area (Å²) >= 11 is 0. The highest BCUT2D eigenvalue weighted by atomic mass is 16.6. The fraction of sp³-hybridized carbons (Fsp3) is 0.529. The molecule has 0 aromatic heterocycles. The maximum absolute atomic E-state index is 12.4. The molecule has 0 spiro atoms. The van der Waals surface area contributed by atoms with Crippen molar-refractivity contribution in [3.8, 4) is 5.75 Å². The lowest BCUT2D eigenvalue weighted by Gasteiger charge is -2.27. The maximum Gasteiger partial charge on any atom is 0.415 e. The van der Waals surface area contributed by atoms with E-state index in [1.54, 1.807) is 36.1 Å². The molecule has 1 amide bonds. The van der Waals surface area contributed by atoms with E-state index in [2.05, 4.69) is 6.92 Å². The van der Waals surface area contributed by atoms with Gasteiger partial charge in [-0.05, 0) is 32.4 Å². The minimum atomic E-state index is -0.434. The van der Waals surface area contributed by atoms with Gasteiger partial charge in [0.15, 0.2) is 0 Å². The van der Waals surface area contributed by atoms with E-state index in [0.717, 1.165) is 12.8 Å². The van der Waals surface area contributed by atoms with Crippen LogP contribution in [0.2, 0.25) is 0 Å². The summed E-state index contributed by atoms with van der Waals surface area (Å²) in [6.07, 6.45) is 1.55. The van der Waals surface area contributed by atoms with Gasteiger partial charge >= 0.3 is 12.1 Å². The minimum absolute atomic E-state index is 0.168. The predicted molar refractivity (Wildman–Crippen MR) is 84.8 cm³/mol. The molecule has 122 valence electrons. The number of hydrogen-bond donors (Lipinski definition) is 0. The first-order valence-electron chi connectivity index (χ1n) is 7.77. The first-order chi connectivity index (χ1) is 10.6. The molecule has 1 rings (SSSR count). The van der Waals surface area contributed by atoms with Crippen molar-refractivity contribution in [2.45, 2.75) is 46.1 Å². The average Bonchev–Trinajstić information content (AvgIpc) is 2.48. The summed E-state index contributed by atoms with van der Waals surface area (Å²) in [5.74, 6) is 0.196. The standard InChI is InChI=1S/C17H25NO4/c1-4-6-12-18(14(3)13-16(19)21-5-2)17(20)22-15-10-8-7-9-11-15/h7-11,14H,4-6,12-13H2,1-3H3. The molecule has 1 unspecified atom stereocenters. The molecule has 1 aromatic rings. The molecule has 5 heteroatoms. The van der Waals surface area contributed by atoms with Gasteiger partial charge in [0.05, 0.1) is 13.0 Å². The van der Waals surface area contributed by atoms with Gasteiger partial charge in [-0.15, -0.1) is 0 Å². The second-order valence-electron chi connectivity index (χ2n) is 5.09. The largest absolute Gasteiger partial charge is 0.466 e. The highest BCUT2D eigenvalue weighted by Gasteiger charge is 2.24. The summed E-state index contributed by atoms with van der Waals surface area (Å²) in [7, 11) is 0. The van der Waals surface area contributed by atoms with Crippen molar-refractivity contribution >= 4 is 12.1 Å². The Hall–Kier alpha value is -2.04. The number of unbranched alkanes of at least 4 members (excludes halogenated alkanes) is 1. The molecule has 22 heavy (non-hydrogen) atoms. The molecule has 0 aliphatic rings. The number of carbonyl (C=O) groups is 2. The Morgan fingerprint density at radius 2 is 1.86 bits per heavy atom. The van der Waals surface area contributed by atoms with Gasteiger partial charge in [0.1, 0.15) is 5.75 Å². The molecule has 0 radical (unpaired) electrons. The lowest BCUT2D eigenvalue weighted by atomic mass is 10.2. The van der Waals surface area contributed by atoms with Gasteiger partial charge in [-0.25, -0.2) is 4.79 Å². The third-order valence-electron chi connectivity index (χ3n) is 3.23. The van der Waals surface area contributed by atoms with Gasteiger partial charge in [0, 0.05) is 12.6 Å². The van der Waals surface area contributed by atoms with Gasteiger partial charge in [0.25, 0.3) is 0 Å². The van der Waals surface area contributed by atoms with E-state index >= 15 is 0 Å². The summed E-state index contributed by atoms with van der Waals surface area (Å²) in [6.45, 7) is 6.55. The number of para-hydroxylation sites is 1. The van der Waals surface area contributed by atoms with Crippen molar-refractivity contribution in [1.82, 2.24) is 4.90 Å². The highest BCUT2D eigenvalue weighted by Crippen LogP contribution is 2.14. The SMILES string of the molecule is CCCCN(C(=O)Oc1ccccc1)C(C)CC(=O)OCC. The smallest absolute Gasteiger partial charge is 0.415 e. The molecule has 0 fully saturated rings. The molecule has 0 N–H and O–H groups in total. The van der Waals surface area contributed by atoms with Crippen LogP contribution in [-0.2, 0) is 9.53 Å². The van der Waals surface area contributed by atoms with Crippen LogP contribution in [0.1, 0.15) is 40.0 Å². The van der Waals surface area contributed by atoms with Crippen LogP contribution < -0.4 is 4.74 Å². The number of amides is 1. The lowest BCUT2D eigenvalue weighted by Crippen LogP contribution is -2.42. The minimum Gasteiger partial charge on any atom is -0.466 e. The van der Waals surface area contributed by atoms with Crippen LogP contribution in [0.15, 0.2) is 30.3 Å². The number of nitrogens with zero attached hydrogens (tertiary/aromatic N) is 1. The van der Waals surface area contributed by atoms with Crippen LogP contribution in [-0.4, -0.2) is 36.2 Å². The van der Waals surface area contributed by atoms with Crippen LogP contribution >= 0.6 is 0 Å². The Morgan fingerprint density at radius 3 is 2.45 bits per heavy atom. The zero-order chi connectivity index (χ0) is 16.4. The molecule has 5 nitrogen and oxygen atoms in total. The van der Waals surface area contributed by atoms with E-state index < -0.39 is 6.09 Å². The van der Waals surface area contributed by atoms with Crippen LogP contribution in [0.25, 0.3) is 0 Å². The van der Waals surface area contributed by atoms with E-state index in [-0.39, 0.29) is 18.4 Å². The second kappa shape index (κ2) is 9.82. The van der Waals surface area contributed by atoms with Gasteiger partial charge < -0.3 is 14.4 Å². The first-order valence-corrected chi connectivity index (χ1v) is 7.77. The molecule has 0 saturated heterocycles. The van der Waals surface area contributed by atoms with Crippen molar-refractivity contribution in [2.75, 3.05) is 13.2 Å². The number of carbonyl (C=O) groups excluding carboxylic acids is 2. The Labute approximate surface area is 132 Å². The number of rotatable bonds is 8. The normalized spacial score (nSPS) is 11.6. The van der Waals surface area contributed by atoms with Crippen molar-refractivity contribution < 1.29 is 19.1 Å². The Kier molecular flexibility index (Phi) is 8.04. The molecule has 0 aliphatic heterocycles. The zero-order valence-corrected chi connectivity index (χ0v) is 13.6. The fourth-order valence-corrected chi connectivity index (χ4v) is 2.04. The van der Waals surface area contributed by atoms with Crippen molar-refractivity contribution in [1.29, 1.82) is 0 Å². The van der Waals surface area contributed by atoms with Gasteiger partial charge in [-0.2, -0.15) is 0 Å². The quantitative estimate of drug-likeness (QED) is 0.688. The van der Waals surface area contributed by atoms with Crippen LogP contribution in [0, 0.1) is 0 Å². The topological polar surface area (TPSA) is 55.8 Å². The third kappa shape index (κ3) is 6.16. The molecular formula is C17H25NO4. The van der Waals surface area contributed by atoms with Crippen LogP contribution in [0.3, 0.4) is 0 Å². The molecule has 1 atom stereocenters. The first kappa shape index (κ1) is 18.0. The molecule has 0 aliphatic carbocycles. The molecular weight excluding hydrogens is 282 g/mol. The highest BCUT2D eigenvalue weighted by molar-refractivity contribution is 5.74. The van der Waals surface area contributed by atoms with E-state index in [1.165, 1.54) is 0 Å². The fourth-order valence-electron chi connectivity index (χ4n) is 2.04. The monoisotopic (exact) mass is 307 g/mol. The number of esters is 1. The number of hydrogen-bond acceptors (Lipinski definition) is 4. The van der Waals surface area contributed by atoms with E-state index in [0.29, 0.717) is 18.9 Å². The number of benzene rings is 1. The summed E-state index contributed by atoms with van der Waals surface area (Å²) in [5, 5.41) is 0. The summed E-state index contributed by atoms with van der Waals surface area (Å²) in [6, 6.07) is 8.66. The van der Waals surface area contributed by atoms with Crippen molar-refractivity contribution in [2.24, 2.45) is 0 Å². The third-order valence-corrected chi connectivity index (χ3v) is 3.23. The summed E-state index contributed by atoms with van der Waals surface area (Å²) in [5.41, 5.74) is 0. The van der Waals surface area contributed by atoms with E-state index in [4.69, 9.17) is 9.47 Å². The van der Waals surface area contributed by atoms with Gasteiger partial charge in [-0.3, -0.25) is 4.79 Å². The zero-order valence-electron chi connectivity index (χ0n) is 13.6. The molecule has 0 heterocycles. The predicted octanol–water partition coefficient (Wildman–Crippen LogP) is 3.63. The van der Waals surface area contributed by atoms with E-state index in [9.17, 15) is 9.59 Å². The van der Waals surface area contributed by atoms with Crippen LogP contribution in [0.5, 0.6) is 5.75 Å². The Bertz CT molecular complexity index is 461. The van der Waals surface area contributed by atoms with Crippen LogP contribution in [0.4, 0.5) is 4.79 Å². The average molecular weight is 307 g/mol. The van der Waals surface area contributed by atoms with E-state index in [1.807, 2.05) is 13.0 Å².